The first kappa shape index (κ1) is 21.3. The van der Waals surface area contributed by atoms with Gasteiger partial charge in [-0.1, -0.05) is 48.0 Å². The smallest absolute Gasteiger partial charge is 0.346 e. The maximum absolute atomic E-state index is 13.0. The fraction of sp³-hybridized carbons (Fsp3) is 0.360. The van der Waals surface area contributed by atoms with Gasteiger partial charge < -0.3 is 5.32 Å². The molecule has 0 bridgehead atoms. The zero-order chi connectivity index (χ0) is 22.2. The quantitative estimate of drug-likeness (QED) is 0.687. The van der Waals surface area contributed by atoms with Gasteiger partial charge in [0, 0.05) is 19.7 Å². The largest absolute Gasteiger partial charge is 0.389 e. The van der Waals surface area contributed by atoms with Gasteiger partial charge in [-0.3, -0.25) is 9.79 Å². The summed E-state index contributed by atoms with van der Waals surface area (Å²) >= 11 is 0. The van der Waals surface area contributed by atoms with Crippen LogP contribution in [0.3, 0.4) is 0 Å². The zero-order valence-corrected chi connectivity index (χ0v) is 17.6. The summed E-state index contributed by atoms with van der Waals surface area (Å²) in [6.07, 6.45) is -1.48. The Bertz CT molecular complexity index is 1070. The Hall–Kier alpha value is -2.89. The second-order valence-electron chi connectivity index (χ2n) is 8.63. The van der Waals surface area contributed by atoms with E-state index in [1.54, 1.807) is 19.3 Å². The van der Waals surface area contributed by atoms with Gasteiger partial charge in [0.1, 0.15) is 0 Å². The van der Waals surface area contributed by atoms with E-state index < -0.39 is 18.1 Å². The highest BCUT2D eigenvalue weighted by atomic mass is 19.4. The van der Waals surface area contributed by atoms with Crippen LogP contribution in [0.2, 0.25) is 0 Å². The number of nitrogens with one attached hydrogen (secondary N) is 1. The van der Waals surface area contributed by atoms with E-state index in [-0.39, 0.29) is 12.3 Å². The Morgan fingerprint density at radius 2 is 1.77 bits per heavy atom. The molecule has 0 saturated carbocycles. The molecule has 1 aliphatic carbocycles. The minimum Gasteiger partial charge on any atom is -0.346 e. The van der Waals surface area contributed by atoms with Crippen LogP contribution >= 0.6 is 0 Å². The van der Waals surface area contributed by atoms with Gasteiger partial charge in [-0.15, -0.1) is 0 Å². The molecule has 162 valence electrons. The van der Waals surface area contributed by atoms with Crippen LogP contribution in [0.5, 0.6) is 0 Å². The molecule has 0 fully saturated rings. The van der Waals surface area contributed by atoms with E-state index >= 15 is 0 Å². The number of hydrogen-bond acceptors (Lipinski definition) is 2. The minimum atomic E-state index is -4.16. The maximum atomic E-state index is 13.0. The van der Waals surface area contributed by atoms with Gasteiger partial charge in [-0.25, -0.2) is 0 Å². The topological polar surface area (TPSA) is 41.5 Å². The van der Waals surface area contributed by atoms with E-state index in [4.69, 9.17) is 0 Å². The molecule has 1 amide bonds. The number of fused-ring (bicyclic) bond motifs is 1. The molecule has 2 aliphatic rings. The van der Waals surface area contributed by atoms with Gasteiger partial charge in [0.05, 0.1) is 11.1 Å². The number of hydrogen-bond donors (Lipinski definition) is 1. The lowest BCUT2D eigenvalue weighted by atomic mass is 9.79. The second kappa shape index (κ2) is 7.98. The Morgan fingerprint density at radius 3 is 2.45 bits per heavy atom. The molecule has 0 radical (unpaired) electrons. The third kappa shape index (κ3) is 4.58. The summed E-state index contributed by atoms with van der Waals surface area (Å²) in [5.41, 5.74) is 6.00. The summed E-state index contributed by atoms with van der Waals surface area (Å²) < 4.78 is 37.8. The van der Waals surface area contributed by atoms with Crippen LogP contribution in [0.15, 0.2) is 53.0 Å². The maximum Gasteiger partial charge on any atom is 0.389 e. The Balaban J connectivity index is 1.63. The van der Waals surface area contributed by atoms with Crippen LogP contribution < -0.4 is 5.32 Å². The SMILES string of the molecule is CN=CC1=C(c2ccc(C)cc2)CC2(Cc3ccc(CCC(F)(F)F)cc3C2)NC1=O. The lowest BCUT2D eigenvalue weighted by Gasteiger charge is -2.36. The average molecular weight is 426 g/mol. The molecule has 1 atom stereocenters. The highest BCUT2D eigenvalue weighted by Crippen LogP contribution is 2.41. The van der Waals surface area contributed by atoms with Gasteiger partial charge in [0.2, 0.25) is 0 Å². The van der Waals surface area contributed by atoms with E-state index in [1.807, 2.05) is 43.3 Å². The molecule has 6 heteroatoms. The first-order valence-corrected chi connectivity index (χ1v) is 10.4. The monoisotopic (exact) mass is 426 g/mol. The summed E-state index contributed by atoms with van der Waals surface area (Å²) in [5, 5.41) is 3.19. The van der Waals surface area contributed by atoms with Crippen LogP contribution in [0.4, 0.5) is 13.2 Å². The Kier molecular flexibility index (Phi) is 5.50. The van der Waals surface area contributed by atoms with Crippen molar-refractivity contribution in [3.05, 3.63) is 75.9 Å². The number of alkyl halides is 3. The Labute approximate surface area is 180 Å². The number of nitrogens with zero attached hydrogens (tertiary/aromatic N) is 1. The summed E-state index contributed by atoms with van der Waals surface area (Å²) in [6, 6.07) is 13.7. The van der Waals surface area contributed by atoms with E-state index in [0.717, 1.165) is 27.8 Å². The standard InChI is InChI=1S/C25H25F3N2O/c1-16-3-6-18(7-4-16)21-14-24(30-23(31)22(21)15-29-2)12-19-8-5-17(11-20(19)13-24)9-10-25(26,27)28/h3-8,11,15H,9-10,12-14H2,1-2H3,(H,30,31). The van der Waals surface area contributed by atoms with Gasteiger partial charge in [-0.2, -0.15) is 13.2 Å². The van der Waals surface area contributed by atoms with Crippen LogP contribution in [0.25, 0.3) is 5.57 Å². The number of carbonyl (C=O) groups is 1. The number of rotatable bonds is 4. The Morgan fingerprint density at radius 1 is 1.06 bits per heavy atom. The van der Waals surface area contributed by atoms with E-state index in [9.17, 15) is 18.0 Å². The average Bonchev–Trinajstić information content (AvgIpc) is 3.05. The van der Waals surface area contributed by atoms with E-state index in [1.165, 1.54) is 0 Å². The van der Waals surface area contributed by atoms with Gasteiger partial charge in [0.25, 0.3) is 5.91 Å². The van der Waals surface area contributed by atoms with Gasteiger partial charge in [-0.05, 0) is 60.4 Å². The number of aryl methyl sites for hydroxylation is 2. The van der Waals surface area contributed by atoms with E-state index in [2.05, 4.69) is 10.3 Å². The van der Waals surface area contributed by atoms with Gasteiger partial charge >= 0.3 is 6.18 Å². The minimum absolute atomic E-state index is 0.0260. The van der Waals surface area contributed by atoms with Crippen molar-refractivity contribution in [2.24, 2.45) is 4.99 Å². The molecule has 1 spiro atoms. The molecule has 2 aromatic carbocycles. The molecule has 3 nitrogen and oxygen atoms in total. The molecule has 31 heavy (non-hydrogen) atoms. The van der Waals surface area contributed by atoms with Crippen molar-refractivity contribution in [2.45, 2.75) is 50.7 Å². The van der Waals surface area contributed by atoms with Crippen LogP contribution in [0, 0.1) is 6.92 Å². The van der Waals surface area contributed by atoms with Crippen LogP contribution in [0.1, 0.15) is 40.7 Å². The summed E-state index contributed by atoms with van der Waals surface area (Å²) in [4.78, 5) is 17.1. The number of carbonyl (C=O) groups excluding carboxylic acids is 1. The van der Waals surface area contributed by atoms with Crippen molar-refractivity contribution in [1.82, 2.24) is 5.32 Å². The molecule has 1 aliphatic heterocycles. The molecular formula is C25H25F3N2O. The molecule has 1 N–H and O–H groups in total. The predicted octanol–water partition coefficient (Wildman–Crippen LogP) is 5.00. The van der Waals surface area contributed by atoms with E-state index in [0.29, 0.717) is 30.4 Å². The lowest BCUT2D eigenvalue weighted by molar-refractivity contribution is -0.134. The summed E-state index contributed by atoms with van der Waals surface area (Å²) in [7, 11) is 1.64. The fourth-order valence-corrected chi connectivity index (χ4v) is 4.66. The molecule has 1 unspecified atom stereocenters. The van der Waals surface area contributed by atoms with Crippen molar-refractivity contribution in [3.8, 4) is 0 Å². The molecule has 4 rings (SSSR count). The molecular weight excluding hydrogens is 401 g/mol. The number of benzene rings is 2. The first-order valence-electron chi connectivity index (χ1n) is 10.4. The van der Waals surface area contributed by atoms with Crippen molar-refractivity contribution >= 4 is 17.7 Å². The summed E-state index contributed by atoms with van der Waals surface area (Å²) in [6.45, 7) is 2.02. The third-order valence-corrected chi connectivity index (χ3v) is 6.15. The highest BCUT2D eigenvalue weighted by molar-refractivity contribution is 6.19. The number of halogens is 3. The molecule has 0 saturated heterocycles. The first-order chi connectivity index (χ1) is 14.7. The van der Waals surface area contributed by atoms with Crippen molar-refractivity contribution in [3.63, 3.8) is 0 Å². The van der Waals surface area contributed by atoms with Crippen LogP contribution in [-0.4, -0.2) is 30.9 Å². The summed E-state index contributed by atoms with van der Waals surface area (Å²) in [5.74, 6) is -0.155. The fourth-order valence-electron chi connectivity index (χ4n) is 4.66. The number of aliphatic imine (C=N–C) groups is 1. The normalized spacial score (nSPS) is 21.1. The predicted molar refractivity (Wildman–Crippen MR) is 116 cm³/mol. The second-order valence-corrected chi connectivity index (χ2v) is 8.63. The number of amides is 1. The lowest BCUT2D eigenvalue weighted by Crippen LogP contribution is -2.53. The third-order valence-electron chi connectivity index (χ3n) is 6.15. The zero-order valence-electron chi connectivity index (χ0n) is 17.6. The molecule has 0 aromatic heterocycles. The highest BCUT2D eigenvalue weighted by Gasteiger charge is 2.43. The molecule has 2 aromatic rings. The van der Waals surface area contributed by atoms with Crippen molar-refractivity contribution in [2.75, 3.05) is 7.05 Å². The van der Waals surface area contributed by atoms with Crippen LogP contribution in [-0.2, 0) is 24.1 Å². The molecule has 1 heterocycles. The van der Waals surface area contributed by atoms with Gasteiger partial charge in [0.15, 0.2) is 0 Å². The van der Waals surface area contributed by atoms with Crippen molar-refractivity contribution < 1.29 is 18.0 Å². The van der Waals surface area contributed by atoms with Crippen molar-refractivity contribution in [1.29, 1.82) is 0 Å².